The average molecular weight is 465 g/mol. The lowest BCUT2D eigenvalue weighted by atomic mass is 9.84. The van der Waals surface area contributed by atoms with Crippen molar-refractivity contribution >= 4 is 32.3 Å². The Morgan fingerprint density at radius 3 is 2.40 bits per heavy atom. The zero-order chi connectivity index (χ0) is 24.6. The highest BCUT2D eigenvalue weighted by molar-refractivity contribution is 6.16. The lowest BCUT2D eigenvalue weighted by molar-refractivity contribution is -0.659. The van der Waals surface area contributed by atoms with Crippen LogP contribution in [0.3, 0.4) is 0 Å². The van der Waals surface area contributed by atoms with Gasteiger partial charge in [-0.05, 0) is 76.1 Å². The second kappa shape index (κ2) is 7.78. The van der Waals surface area contributed by atoms with Crippen LogP contribution in [0.4, 0.5) is 4.39 Å². The monoisotopic (exact) mass is 464 g/mol. The minimum atomic E-state index is -0.231. The molecule has 3 heteroatoms. The summed E-state index contributed by atoms with van der Waals surface area (Å²) in [6.45, 7) is 11.2. The summed E-state index contributed by atoms with van der Waals surface area (Å²) in [6, 6.07) is 16.1. The molecule has 0 saturated carbocycles. The van der Waals surface area contributed by atoms with E-state index in [9.17, 15) is 4.39 Å². The van der Waals surface area contributed by atoms with Crippen molar-refractivity contribution in [3.8, 4) is 22.8 Å². The maximum absolute atomic E-state index is 14.1. The number of pyridine rings is 1. The maximum Gasteiger partial charge on any atom is 0.228 e. The fourth-order valence-electron chi connectivity index (χ4n) is 5.81. The highest BCUT2D eigenvalue weighted by Gasteiger charge is 2.33. The van der Waals surface area contributed by atoms with Gasteiger partial charge in [-0.25, -0.2) is 8.96 Å². The molecule has 6 rings (SSSR count). The van der Waals surface area contributed by atoms with Gasteiger partial charge in [0.05, 0.1) is 10.9 Å². The summed E-state index contributed by atoms with van der Waals surface area (Å²) in [5, 5.41) is 6.67. The molecule has 4 aromatic carbocycles. The highest BCUT2D eigenvalue weighted by Crippen LogP contribution is 2.52. The molecule has 0 amide bonds. The summed E-state index contributed by atoms with van der Waals surface area (Å²) in [5.74, 6) is 2.47. The van der Waals surface area contributed by atoms with Gasteiger partial charge in [-0.3, -0.25) is 0 Å². The van der Waals surface area contributed by atoms with Crippen molar-refractivity contribution in [2.24, 2.45) is 13.0 Å². The summed E-state index contributed by atoms with van der Waals surface area (Å²) in [5.41, 5.74) is 6.20. The normalized spacial score (nSPS) is 12.7. The topological polar surface area (TPSA) is 13.1 Å². The van der Waals surface area contributed by atoms with Gasteiger partial charge in [-0.1, -0.05) is 52.0 Å². The van der Waals surface area contributed by atoms with Crippen LogP contribution in [0.25, 0.3) is 43.6 Å². The summed E-state index contributed by atoms with van der Waals surface area (Å²) in [4.78, 5) is 0. The van der Waals surface area contributed by atoms with Gasteiger partial charge in [-0.2, -0.15) is 0 Å². The van der Waals surface area contributed by atoms with Gasteiger partial charge >= 0.3 is 0 Å². The lowest BCUT2D eigenvalue weighted by Crippen LogP contribution is -2.32. The highest BCUT2D eigenvalue weighted by atomic mass is 19.1. The van der Waals surface area contributed by atoms with Crippen LogP contribution in [0.5, 0.6) is 11.5 Å². The number of hydrogen-bond donors (Lipinski definition) is 0. The third-order valence-corrected chi connectivity index (χ3v) is 7.54. The number of benzene rings is 4. The molecule has 0 aliphatic carbocycles. The Kier molecular flexibility index (Phi) is 4.90. The van der Waals surface area contributed by atoms with Gasteiger partial charge in [0.2, 0.25) is 5.69 Å². The van der Waals surface area contributed by atoms with Crippen molar-refractivity contribution in [1.29, 1.82) is 0 Å². The molecule has 2 nitrogen and oxygen atoms in total. The van der Waals surface area contributed by atoms with Gasteiger partial charge in [0.25, 0.3) is 0 Å². The van der Waals surface area contributed by atoms with E-state index in [1.807, 2.05) is 12.1 Å². The van der Waals surface area contributed by atoms with Crippen molar-refractivity contribution in [2.45, 2.75) is 47.0 Å². The van der Waals surface area contributed by atoms with Crippen molar-refractivity contribution in [3.05, 3.63) is 77.2 Å². The Hall–Kier alpha value is -3.46. The molecule has 0 unspecified atom stereocenters. The van der Waals surface area contributed by atoms with E-state index in [1.54, 1.807) is 12.1 Å². The molecule has 0 bridgehead atoms. The number of hydrogen-bond acceptors (Lipinski definition) is 1. The van der Waals surface area contributed by atoms with Gasteiger partial charge < -0.3 is 4.74 Å². The van der Waals surface area contributed by atoms with Gasteiger partial charge in [0, 0.05) is 17.0 Å². The quantitative estimate of drug-likeness (QED) is 0.189. The summed E-state index contributed by atoms with van der Waals surface area (Å²) in [6.07, 6.45) is 3.05. The fraction of sp³-hybridized carbons (Fsp3) is 0.281. The molecule has 176 valence electrons. The smallest absolute Gasteiger partial charge is 0.228 e. The van der Waals surface area contributed by atoms with Crippen LogP contribution < -0.4 is 9.30 Å². The van der Waals surface area contributed by atoms with Crippen LogP contribution in [0, 0.1) is 18.7 Å². The molecular weight excluding hydrogens is 433 g/mol. The molecule has 1 aromatic heterocycles. The largest absolute Gasteiger partial charge is 0.455 e. The molecule has 0 radical (unpaired) electrons. The van der Waals surface area contributed by atoms with Gasteiger partial charge in [0.1, 0.15) is 24.4 Å². The minimum absolute atomic E-state index is 0.231. The fourth-order valence-corrected chi connectivity index (χ4v) is 5.81. The molecule has 1 aliphatic heterocycles. The first-order valence-corrected chi connectivity index (χ1v) is 12.6. The number of aryl methyl sites for hydroxylation is 2. The number of aromatic nitrogens is 1. The molecule has 5 aromatic rings. The Bertz CT molecular complexity index is 1680. The second-order valence-electron chi connectivity index (χ2n) is 10.8. The van der Waals surface area contributed by atoms with Crippen molar-refractivity contribution in [2.75, 3.05) is 0 Å². The average Bonchev–Trinajstić information content (AvgIpc) is 2.82. The Morgan fingerprint density at radius 2 is 1.66 bits per heavy atom. The van der Waals surface area contributed by atoms with E-state index in [0.29, 0.717) is 11.8 Å². The van der Waals surface area contributed by atoms with Crippen LogP contribution in [0.15, 0.2) is 54.7 Å². The molecule has 0 N–H and O–H groups in total. The predicted octanol–water partition coefficient (Wildman–Crippen LogP) is 8.51. The van der Waals surface area contributed by atoms with Crippen LogP contribution in [-0.4, -0.2) is 0 Å². The first kappa shape index (κ1) is 22.0. The molecule has 0 atom stereocenters. The number of rotatable bonds is 3. The van der Waals surface area contributed by atoms with E-state index in [-0.39, 0.29) is 5.82 Å². The number of ether oxygens (including phenoxy) is 1. The number of halogens is 1. The Labute approximate surface area is 206 Å². The Morgan fingerprint density at radius 1 is 0.886 bits per heavy atom. The SMILES string of the molecule is Cc1c2c(c(CC(C)C)c3ccc(C(C)C)cc13)Oc1cc3cc(F)ccc3c3cc[n+](C)c-2c13. The van der Waals surface area contributed by atoms with E-state index < -0.39 is 0 Å². The molecule has 0 spiro atoms. The van der Waals surface area contributed by atoms with E-state index >= 15 is 0 Å². The molecule has 2 heterocycles. The van der Waals surface area contributed by atoms with Gasteiger partial charge in [0.15, 0.2) is 6.20 Å². The van der Waals surface area contributed by atoms with Crippen LogP contribution in [0.2, 0.25) is 0 Å². The third kappa shape index (κ3) is 3.25. The van der Waals surface area contributed by atoms with Crippen LogP contribution in [-0.2, 0) is 13.5 Å². The number of nitrogens with zero attached hydrogens (tertiary/aromatic N) is 1. The molecule has 35 heavy (non-hydrogen) atoms. The van der Waals surface area contributed by atoms with Crippen LogP contribution in [0.1, 0.15) is 50.3 Å². The van der Waals surface area contributed by atoms with E-state index in [0.717, 1.165) is 39.5 Å². The maximum atomic E-state index is 14.1. The zero-order valence-electron chi connectivity index (χ0n) is 21.3. The van der Waals surface area contributed by atoms with Gasteiger partial charge in [-0.15, -0.1) is 0 Å². The molecule has 0 saturated heterocycles. The lowest BCUT2D eigenvalue weighted by Gasteiger charge is -2.26. The number of fused-ring (bicyclic) bond motifs is 5. The Balaban J connectivity index is 1.80. The van der Waals surface area contributed by atoms with E-state index in [1.165, 1.54) is 38.7 Å². The molecule has 1 aliphatic rings. The third-order valence-electron chi connectivity index (χ3n) is 7.54. The molecular formula is C32H31FNO+. The first-order chi connectivity index (χ1) is 16.7. The predicted molar refractivity (Wildman–Crippen MR) is 143 cm³/mol. The summed E-state index contributed by atoms with van der Waals surface area (Å²) in [7, 11) is 2.11. The minimum Gasteiger partial charge on any atom is -0.455 e. The first-order valence-electron chi connectivity index (χ1n) is 12.6. The van der Waals surface area contributed by atoms with Crippen molar-refractivity contribution in [1.82, 2.24) is 0 Å². The summed E-state index contributed by atoms with van der Waals surface area (Å²) < 4.78 is 23.2. The van der Waals surface area contributed by atoms with Crippen molar-refractivity contribution in [3.63, 3.8) is 0 Å². The van der Waals surface area contributed by atoms with Crippen LogP contribution >= 0.6 is 0 Å². The molecule has 0 fully saturated rings. The zero-order valence-corrected chi connectivity index (χ0v) is 21.3. The standard InChI is InChI=1S/C32H31FNO/c1-17(2)13-27-24-9-7-20(18(3)4)15-26(24)19(5)29-31-30-25(11-12-34(31)6)23-10-8-22(33)14-21(23)16-28(30)35-32(27)29/h7-12,14-18H,13H2,1-6H3/q+1. The van der Waals surface area contributed by atoms with E-state index in [4.69, 9.17) is 4.74 Å². The van der Waals surface area contributed by atoms with E-state index in [2.05, 4.69) is 76.7 Å². The van der Waals surface area contributed by atoms with Crippen molar-refractivity contribution < 1.29 is 13.7 Å². The second-order valence-corrected chi connectivity index (χ2v) is 10.8. The summed E-state index contributed by atoms with van der Waals surface area (Å²) >= 11 is 0.